The number of benzene rings is 1. The third kappa shape index (κ3) is 6.19. The molecule has 2 rings (SSSR count). The van der Waals surface area contributed by atoms with E-state index in [-0.39, 0.29) is 24.7 Å². The highest BCUT2D eigenvalue weighted by Gasteiger charge is 2.42. The maximum absolute atomic E-state index is 12.9. The van der Waals surface area contributed by atoms with Gasteiger partial charge >= 0.3 is 6.36 Å². The number of hydrogen-bond acceptors (Lipinski definition) is 3. The van der Waals surface area contributed by atoms with Gasteiger partial charge in [-0.05, 0) is 17.7 Å². The molecule has 10 heteroatoms. The van der Waals surface area contributed by atoms with Crippen LogP contribution in [0.3, 0.4) is 0 Å². The van der Waals surface area contributed by atoms with E-state index in [9.17, 15) is 26.7 Å². The maximum Gasteiger partial charge on any atom is 0.573 e. The van der Waals surface area contributed by atoms with Crippen LogP contribution in [-0.4, -0.2) is 30.8 Å². The van der Waals surface area contributed by atoms with E-state index in [2.05, 4.69) is 15.4 Å². The van der Waals surface area contributed by atoms with E-state index in [0.29, 0.717) is 5.56 Å². The fourth-order valence-corrected chi connectivity index (χ4v) is 2.02. The number of halogens is 6. The Bertz CT molecular complexity index is 536. The van der Waals surface area contributed by atoms with E-state index in [1.807, 2.05) is 0 Å². The molecular weight excluding hydrogens is 347 g/mol. The Hall–Kier alpha value is -1.61. The van der Waals surface area contributed by atoms with Crippen LogP contribution in [0.4, 0.5) is 22.0 Å². The number of hydrogen-bond donors (Lipinski definition) is 2. The third-order valence-electron chi connectivity index (χ3n) is 3.05. The van der Waals surface area contributed by atoms with Gasteiger partial charge in [0, 0.05) is 13.0 Å². The minimum Gasteiger partial charge on any atom is -0.406 e. The molecule has 1 aliphatic heterocycles. The van der Waals surface area contributed by atoms with Gasteiger partial charge in [-0.2, -0.15) is 0 Å². The zero-order chi connectivity index (χ0) is 16.4. The standard InChI is InChI=1S/C13H13F5N2O2.ClH/c14-12(15)5-10(20-7-12)11(21)19-6-8-1-3-9(4-2-8)22-13(16,17)18;/h1-4,10,20H,5-7H2,(H,19,21);1H. The van der Waals surface area contributed by atoms with Gasteiger partial charge in [0.1, 0.15) is 5.75 Å². The summed E-state index contributed by atoms with van der Waals surface area (Å²) in [6.07, 6.45) is -5.34. The van der Waals surface area contributed by atoms with Crippen LogP contribution in [-0.2, 0) is 11.3 Å². The molecule has 4 nitrogen and oxygen atoms in total. The number of nitrogens with one attached hydrogen (secondary N) is 2. The lowest BCUT2D eigenvalue weighted by molar-refractivity contribution is -0.274. The van der Waals surface area contributed by atoms with Gasteiger partial charge in [0.2, 0.25) is 5.91 Å². The van der Waals surface area contributed by atoms with Crippen molar-refractivity contribution in [3.8, 4) is 5.75 Å². The molecule has 1 amide bonds. The van der Waals surface area contributed by atoms with Crippen LogP contribution in [0.1, 0.15) is 12.0 Å². The molecule has 1 aromatic carbocycles. The number of carbonyl (C=O) groups is 1. The average molecular weight is 361 g/mol. The molecular formula is C13H14ClF5N2O2. The molecule has 1 unspecified atom stereocenters. The van der Waals surface area contributed by atoms with Crippen molar-refractivity contribution in [2.45, 2.75) is 31.3 Å². The highest BCUT2D eigenvalue weighted by Crippen LogP contribution is 2.25. The first kappa shape index (κ1) is 19.4. The largest absolute Gasteiger partial charge is 0.573 e. The Morgan fingerprint density at radius 1 is 1.30 bits per heavy atom. The Labute approximate surface area is 134 Å². The molecule has 130 valence electrons. The van der Waals surface area contributed by atoms with Gasteiger partial charge in [0.25, 0.3) is 5.92 Å². The summed E-state index contributed by atoms with van der Waals surface area (Å²) >= 11 is 0. The van der Waals surface area contributed by atoms with Gasteiger partial charge in [-0.15, -0.1) is 25.6 Å². The number of rotatable bonds is 4. The number of alkyl halides is 5. The Morgan fingerprint density at radius 2 is 1.91 bits per heavy atom. The summed E-state index contributed by atoms with van der Waals surface area (Å²) in [6.45, 7) is -0.524. The van der Waals surface area contributed by atoms with Gasteiger partial charge in [0.05, 0.1) is 12.6 Å². The second kappa shape index (κ2) is 7.31. The van der Waals surface area contributed by atoms with E-state index >= 15 is 0 Å². The normalized spacial score (nSPS) is 19.8. The van der Waals surface area contributed by atoms with Crippen LogP contribution in [0.15, 0.2) is 24.3 Å². The maximum atomic E-state index is 12.9. The van der Waals surface area contributed by atoms with Gasteiger partial charge in [-0.1, -0.05) is 12.1 Å². The highest BCUT2D eigenvalue weighted by molar-refractivity contribution is 5.85. The first-order valence-corrected chi connectivity index (χ1v) is 6.38. The summed E-state index contributed by atoms with van der Waals surface area (Å²) in [4.78, 5) is 11.7. The van der Waals surface area contributed by atoms with Crippen molar-refractivity contribution in [1.82, 2.24) is 10.6 Å². The molecule has 1 atom stereocenters. The zero-order valence-electron chi connectivity index (χ0n) is 11.6. The minimum absolute atomic E-state index is 0. The molecule has 0 aliphatic carbocycles. The minimum atomic E-state index is -4.77. The molecule has 23 heavy (non-hydrogen) atoms. The van der Waals surface area contributed by atoms with Gasteiger partial charge in [-0.3, -0.25) is 10.1 Å². The number of carbonyl (C=O) groups excluding carboxylic acids is 1. The molecule has 0 radical (unpaired) electrons. The van der Waals surface area contributed by atoms with E-state index in [1.165, 1.54) is 12.1 Å². The summed E-state index contributed by atoms with van der Waals surface area (Å²) in [7, 11) is 0. The Kier molecular flexibility index (Phi) is 6.18. The van der Waals surface area contributed by atoms with Crippen molar-refractivity contribution in [1.29, 1.82) is 0 Å². The van der Waals surface area contributed by atoms with Crippen LogP contribution in [0, 0.1) is 0 Å². The van der Waals surface area contributed by atoms with Crippen molar-refractivity contribution in [2.24, 2.45) is 0 Å². The second-order valence-electron chi connectivity index (χ2n) is 4.90. The highest BCUT2D eigenvalue weighted by atomic mass is 35.5. The first-order valence-electron chi connectivity index (χ1n) is 6.38. The predicted octanol–water partition coefficient (Wildman–Crippen LogP) is 2.62. The molecule has 1 aliphatic rings. The summed E-state index contributed by atoms with van der Waals surface area (Å²) in [6, 6.07) is 3.94. The molecule has 1 fully saturated rings. The molecule has 0 spiro atoms. The van der Waals surface area contributed by atoms with Gasteiger partial charge in [-0.25, -0.2) is 8.78 Å². The smallest absolute Gasteiger partial charge is 0.406 e. The zero-order valence-corrected chi connectivity index (χ0v) is 12.4. The van der Waals surface area contributed by atoms with E-state index < -0.39 is 37.2 Å². The van der Waals surface area contributed by atoms with Crippen LogP contribution in [0.2, 0.25) is 0 Å². The SMILES string of the molecule is Cl.O=C(NCc1ccc(OC(F)(F)F)cc1)C1CC(F)(F)CN1. The fraction of sp³-hybridized carbons (Fsp3) is 0.462. The second-order valence-corrected chi connectivity index (χ2v) is 4.90. The molecule has 1 aromatic rings. The van der Waals surface area contributed by atoms with Crippen molar-refractivity contribution in [3.63, 3.8) is 0 Å². The topological polar surface area (TPSA) is 50.4 Å². The monoisotopic (exact) mass is 360 g/mol. The number of ether oxygens (including phenoxy) is 1. The quantitative estimate of drug-likeness (QED) is 0.812. The van der Waals surface area contributed by atoms with E-state index in [0.717, 1.165) is 12.1 Å². The summed E-state index contributed by atoms with van der Waals surface area (Å²) in [5, 5.41) is 4.86. The summed E-state index contributed by atoms with van der Waals surface area (Å²) in [5.41, 5.74) is 0.521. The Balaban J connectivity index is 0.00000264. The first-order chi connectivity index (χ1) is 10.1. The van der Waals surface area contributed by atoms with Gasteiger partial charge in [0.15, 0.2) is 0 Å². The van der Waals surface area contributed by atoms with Crippen LogP contribution >= 0.6 is 12.4 Å². The average Bonchev–Trinajstić information content (AvgIpc) is 2.76. The molecule has 1 saturated heterocycles. The number of amides is 1. The Morgan fingerprint density at radius 3 is 2.39 bits per heavy atom. The van der Waals surface area contributed by atoms with Crippen LogP contribution < -0.4 is 15.4 Å². The molecule has 0 bridgehead atoms. The van der Waals surface area contributed by atoms with E-state index in [4.69, 9.17) is 0 Å². The van der Waals surface area contributed by atoms with E-state index in [1.54, 1.807) is 0 Å². The molecule has 0 aromatic heterocycles. The lowest BCUT2D eigenvalue weighted by atomic mass is 10.1. The van der Waals surface area contributed by atoms with Crippen LogP contribution in [0.25, 0.3) is 0 Å². The van der Waals surface area contributed by atoms with Crippen molar-refractivity contribution >= 4 is 18.3 Å². The van der Waals surface area contributed by atoms with Crippen molar-refractivity contribution in [2.75, 3.05) is 6.54 Å². The van der Waals surface area contributed by atoms with Crippen molar-refractivity contribution in [3.05, 3.63) is 29.8 Å². The van der Waals surface area contributed by atoms with Crippen LogP contribution in [0.5, 0.6) is 5.75 Å². The molecule has 0 saturated carbocycles. The lowest BCUT2D eigenvalue weighted by Gasteiger charge is -2.12. The summed E-state index contributed by atoms with van der Waals surface area (Å²) < 4.78 is 65.6. The molecule has 1 heterocycles. The third-order valence-corrected chi connectivity index (χ3v) is 3.05. The predicted molar refractivity (Wildman–Crippen MR) is 73.6 cm³/mol. The van der Waals surface area contributed by atoms with Crippen molar-refractivity contribution < 1.29 is 31.5 Å². The summed E-state index contributed by atoms with van der Waals surface area (Å²) in [5.74, 6) is -3.86. The fourth-order valence-electron chi connectivity index (χ4n) is 2.02. The molecule has 2 N–H and O–H groups in total. The van der Waals surface area contributed by atoms with Gasteiger partial charge < -0.3 is 10.1 Å². The lowest BCUT2D eigenvalue weighted by Crippen LogP contribution is -2.40.